The maximum Gasteiger partial charge on any atom is 0.311 e. The number of para-hydroxylation sites is 1. The van der Waals surface area contributed by atoms with Crippen LogP contribution < -0.4 is 0 Å². The van der Waals surface area contributed by atoms with Gasteiger partial charge in [-0.15, -0.1) is 0 Å². The summed E-state index contributed by atoms with van der Waals surface area (Å²) < 4.78 is 7.35. The van der Waals surface area contributed by atoms with E-state index >= 15 is 0 Å². The van der Waals surface area contributed by atoms with Crippen LogP contribution in [0.3, 0.4) is 0 Å². The van der Waals surface area contributed by atoms with E-state index in [9.17, 15) is 14.4 Å². The second kappa shape index (κ2) is 9.53. The van der Waals surface area contributed by atoms with Gasteiger partial charge in [-0.05, 0) is 57.9 Å². The van der Waals surface area contributed by atoms with Crippen LogP contribution in [0.4, 0.5) is 0 Å². The van der Waals surface area contributed by atoms with Gasteiger partial charge in [-0.25, -0.2) is 4.98 Å². The van der Waals surface area contributed by atoms with Gasteiger partial charge in [0.25, 0.3) is 0 Å². The van der Waals surface area contributed by atoms with E-state index in [1.165, 1.54) is 0 Å². The molecule has 0 amide bonds. The molecule has 2 atom stereocenters. The van der Waals surface area contributed by atoms with Crippen molar-refractivity contribution in [3.8, 4) is 5.69 Å². The van der Waals surface area contributed by atoms with Crippen LogP contribution in [0.5, 0.6) is 0 Å². The smallest absolute Gasteiger partial charge is 0.311 e. The van der Waals surface area contributed by atoms with Gasteiger partial charge in [0.15, 0.2) is 11.6 Å². The number of ether oxygens (including phenoxy) is 1. The molecular weight excluding hydrogens is 416 g/mol. The molecule has 1 heterocycles. The third-order valence-corrected chi connectivity index (χ3v) is 5.70. The maximum atomic E-state index is 13.5. The number of ketones is 1. The molecule has 0 aliphatic heterocycles. The summed E-state index contributed by atoms with van der Waals surface area (Å²) in [6.07, 6.45) is 3.78. The first kappa shape index (κ1) is 24.1. The molecule has 0 aliphatic rings. The number of benzene rings is 2. The number of imidazole rings is 1. The number of Topliss-reactive ketones (excluding diaryl/α,β-unsaturated/α-hetero) is 1. The van der Waals surface area contributed by atoms with Crippen molar-refractivity contribution in [2.75, 3.05) is 0 Å². The highest BCUT2D eigenvalue weighted by atomic mass is 16.6. The molecule has 3 rings (SSSR count). The Labute approximate surface area is 194 Å². The molecule has 0 unspecified atom stereocenters. The van der Waals surface area contributed by atoms with Crippen LogP contribution in [0.2, 0.25) is 0 Å². The third-order valence-electron chi connectivity index (χ3n) is 5.70. The van der Waals surface area contributed by atoms with Gasteiger partial charge in [0, 0.05) is 24.5 Å². The summed E-state index contributed by atoms with van der Waals surface area (Å²) in [4.78, 5) is 43.6. The SMILES string of the molecule is Cc1ccccc1[C@@](C)(C=O)[C@@H](CC(=O)c1nccn1-c1ccccc1)C(=O)OC(C)(C)C. The van der Waals surface area contributed by atoms with Gasteiger partial charge >= 0.3 is 5.97 Å². The lowest BCUT2D eigenvalue weighted by Gasteiger charge is -2.34. The Kier molecular flexibility index (Phi) is 6.96. The van der Waals surface area contributed by atoms with E-state index in [2.05, 4.69) is 4.98 Å². The summed E-state index contributed by atoms with van der Waals surface area (Å²) in [6.45, 7) is 8.86. The Hall–Kier alpha value is -3.54. The number of esters is 1. The molecule has 0 bridgehead atoms. The van der Waals surface area contributed by atoms with Crippen LogP contribution in [-0.2, 0) is 19.7 Å². The summed E-state index contributed by atoms with van der Waals surface area (Å²) in [6, 6.07) is 16.7. The molecule has 0 saturated carbocycles. The third kappa shape index (κ3) is 5.28. The first-order chi connectivity index (χ1) is 15.6. The number of carbonyl (C=O) groups excluding carboxylic acids is 3. The van der Waals surface area contributed by atoms with Crippen molar-refractivity contribution in [1.82, 2.24) is 9.55 Å². The van der Waals surface area contributed by atoms with Gasteiger partial charge in [0.1, 0.15) is 11.9 Å². The van der Waals surface area contributed by atoms with Crippen LogP contribution in [0, 0.1) is 12.8 Å². The van der Waals surface area contributed by atoms with Crippen LogP contribution >= 0.6 is 0 Å². The van der Waals surface area contributed by atoms with E-state index in [0.29, 0.717) is 5.56 Å². The van der Waals surface area contributed by atoms with E-state index in [0.717, 1.165) is 17.5 Å². The summed E-state index contributed by atoms with van der Waals surface area (Å²) in [5.41, 5.74) is 0.308. The van der Waals surface area contributed by atoms with Crippen LogP contribution in [0.25, 0.3) is 5.69 Å². The average molecular weight is 447 g/mol. The molecule has 33 heavy (non-hydrogen) atoms. The molecule has 3 aromatic rings. The molecule has 0 fully saturated rings. The summed E-state index contributed by atoms with van der Waals surface area (Å²) in [5.74, 6) is -1.76. The number of rotatable bonds is 8. The molecule has 0 radical (unpaired) electrons. The second-order valence-electron chi connectivity index (χ2n) is 9.39. The fourth-order valence-corrected chi connectivity index (χ4v) is 4.01. The Bertz CT molecular complexity index is 1140. The number of aryl methyl sites for hydroxylation is 1. The van der Waals surface area contributed by atoms with Gasteiger partial charge in [0.05, 0.1) is 11.3 Å². The molecular formula is C27H30N2O4. The highest BCUT2D eigenvalue weighted by Gasteiger charge is 2.45. The summed E-state index contributed by atoms with van der Waals surface area (Å²) in [7, 11) is 0. The lowest BCUT2D eigenvalue weighted by molar-refractivity contribution is -0.163. The van der Waals surface area contributed by atoms with Crippen LogP contribution in [-0.4, -0.2) is 33.2 Å². The van der Waals surface area contributed by atoms with Gasteiger partial charge in [-0.1, -0.05) is 42.5 Å². The Morgan fingerprint density at radius 2 is 1.67 bits per heavy atom. The molecule has 2 aromatic carbocycles. The lowest BCUT2D eigenvalue weighted by Crippen LogP contribution is -2.43. The van der Waals surface area contributed by atoms with E-state index < -0.39 is 22.9 Å². The molecule has 0 N–H and O–H groups in total. The molecule has 0 spiro atoms. The zero-order valence-corrected chi connectivity index (χ0v) is 19.7. The van der Waals surface area contributed by atoms with E-state index in [4.69, 9.17) is 4.74 Å². The Morgan fingerprint density at radius 1 is 1.03 bits per heavy atom. The second-order valence-corrected chi connectivity index (χ2v) is 9.39. The maximum absolute atomic E-state index is 13.5. The first-order valence-electron chi connectivity index (χ1n) is 10.9. The van der Waals surface area contributed by atoms with Crippen LogP contribution in [0.15, 0.2) is 67.0 Å². The normalized spacial score (nSPS) is 14.2. The number of aldehydes is 1. The molecule has 6 heteroatoms. The van der Waals surface area contributed by atoms with Gasteiger partial charge in [-0.3, -0.25) is 14.2 Å². The van der Waals surface area contributed by atoms with Crippen molar-refractivity contribution >= 4 is 18.0 Å². The highest BCUT2D eigenvalue weighted by molar-refractivity contribution is 5.97. The number of nitrogens with zero attached hydrogens (tertiary/aromatic N) is 2. The van der Waals surface area contributed by atoms with Crippen molar-refractivity contribution in [2.24, 2.45) is 5.92 Å². The Balaban J connectivity index is 2.04. The number of aromatic nitrogens is 2. The van der Waals surface area contributed by atoms with Gasteiger partial charge < -0.3 is 9.53 Å². The number of hydrogen-bond donors (Lipinski definition) is 0. The molecule has 6 nitrogen and oxygen atoms in total. The van der Waals surface area contributed by atoms with Crippen LogP contribution in [0.1, 0.15) is 55.9 Å². The first-order valence-corrected chi connectivity index (χ1v) is 10.9. The molecule has 0 aliphatic carbocycles. The quantitative estimate of drug-likeness (QED) is 0.280. The van der Waals surface area contributed by atoms with Crippen molar-refractivity contribution in [2.45, 2.75) is 52.1 Å². The fraction of sp³-hybridized carbons (Fsp3) is 0.333. The molecule has 1 aromatic heterocycles. The largest absolute Gasteiger partial charge is 0.460 e. The minimum Gasteiger partial charge on any atom is -0.460 e. The average Bonchev–Trinajstić information content (AvgIpc) is 3.26. The minimum absolute atomic E-state index is 0.202. The zero-order valence-electron chi connectivity index (χ0n) is 19.7. The van der Waals surface area contributed by atoms with Gasteiger partial charge in [-0.2, -0.15) is 0 Å². The summed E-state index contributed by atoms with van der Waals surface area (Å²) in [5, 5.41) is 0. The fourth-order valence-electron chi connectivity index (χ4n) is 4.01. The summed E-state index contributed by atoms with van der Waals surface area (Å²) >= 11 is 0. The predicted molar refractivity (Wildman–Crippen MR) is 126 cm³/mol. The van der Waals surface area contributed by atoms with Crippen molar-refractivity contribution in [3.05, 3.63) is 83.9 Å². The van der Waals surface area contributed by atoms with E-state index in [-0.39, 0.29) is 18.0 Å². The van der Waals surface area contributed by atoms with E-state index in [1.54, 1.807) is 44.7 Å². The Morgan fingerprint density at radius 3 is 2.27 bits per heavy atom. The highest BCUT2D eigenvalue weighted by Crippen LogP contribution is 2.37. The molecule has 0 saturated heterocycles. The van der Waals surface area contributed by atoms with E-state index in [1.807, 2.05) is 61.5 Å². The predicted octanol–water partition coefficient (Wildman–Crippen LogP) is 4.87. The van der Waals surface area contributed by atoms with Gasteiger partial charge in [0.2, 0.25) is 0 Å². The minimum atomic E-state index is -1.26. The lowest BCUT2D eigenvalue weighted by atomic mass is 9.69. The topological polar surface area (TPSA) is 78.3 Å². The zero-order chi connectivity index (χ0) is 24.2. The standard InChI is InChI=1S/C27H30N2O4/c1-19-11-9-10-14-21(19)27(5,18-30)22(25(32)33-26(2,3)4)17-23(31)24-28-15-16-29(24)20-12-7-6-8-13-20/h6-16,18,22H,17H2,1-5H3/t22-,27+/m0/s1. The van der Waals surface area contributed by atoms with Crippen molar-refractivity contribution in [3.63, 3.8) is 0 Å². The molecule has 172 valence electrons. The number of carbonyl (C=O) groups is 3. The number of hydrogen-bond acceptors (Lipinski definition) is 5. The monoisotopic (exact) mass is 446 g/mol. The van der Waals surface area contributed by atoms with Crippen molar-refractivity contribution in [1.29, 1.82) is 0 Å². The van der Waals surface area contributed by atoms with Crippen molar-refractivity contribution < 1.29 is 19.1 Å².